The van der Waals surface area contributed by atoms with E-state index in [0.29, 0.717) is 12.5 Å². The molecule has 0 heterocycles. The largest absolute Gasteiger partial charge is 0.465 e. The first kappa shape index (κ1) is 19.7. The van der Waals surface area contributed by atoms with Gasteiger partial charge in [-0.3, -0.25) is 9.59 Å². The maximum Gasteiger partial charge on any atom is 0.425 e. The van der Waals surface area contributed by atoms with E-state index in [1.807, 2.05) is 13.8 Å². The van der Waals surface area contributed by atoms with Crippen molar-refractivity contribution in [1.82, 2.24) is 0 Å². The van der Waals surface area contributed by atoms with E-state index in [1.54, 1.807) is 0 Å². The van der Waals surface area contributed by atoms with Crippen LogP contribution in [0.2, 0.25) is 0 Å². The highest BCUT2D eigenvalue weighted by atomic mass is 19.4. The summed E-state index contributed by atoms with van der Waals surface area (Å²) in [6, 6.07) is 0. The summed E-state index contributed by atoms with van der Waals surface area (Å²) < 4.78 is 45.7. The molecular weight excluding hydrogens is 289 g/mol. The molecule has 124 valence electrons. The Morgan fingerprint density at radius 3 is 2.05 bits per heavy atom. The minimum atomic E-state index is -4.57. The minimum absolute atomic E-state index is 0.00432. The van der Waals surface area contributed by atoms with E-state index >= 15 is 0 Å². The normalized spacial score (nSPS) is 13.1. The Kier molecular flexibility index (Phi) is 9.05. The van der Waals surface area contributed by atoms with Crippen molar-refractivity contribution in [3.8, 4) is 0 Å². The summed E-state index contributed by atoms with van der Waals surface area (Å²) in [7, 11) is 0. The zero-order chi connectivity index (χ0) is 16.5. The lowest BCUT2D eigenvalue weighted by Gasteiger charge is -2.16. The van der Waals surface area contributed by atoms with Crippen LogP contribution < -0.4 is 0 Å². The first-order valence-corrected chi connectivity index (χ1v) is 7.12. The maximum atomic E-state index is 12.2. The third kappa shape index (κ3) is 9.31. The van der Waals surface area contributed by atoms with Gasteiger partial charge < -0.3 is 9.47 Å². The van der Waals surface area contributed by atoms with Gasteiger partial charge in [-0.25, -0.2) is 0 Å². The first-order valence-electron chi connectivity index (χ1n) is 7.12. The van der Waals surface area contributed by atoms with Crippen molar-refractivity contribution in [3.63, 3.8) is 0 Å². The number of esters is 2. The number of halogens is 3. The van der Waals surface area contributed by atoms with Crippen molar-refractivity contribution < 1.29 is 32.2 Å². The average molecular weight is 312 g/mol. The molecule has 0 fully saturated rings. The summed E-state index contributed by atoms with van der Waals surface area (Å²) in [5.74, 6) is -1.10. The SMILES string of the molecule is CCC(CC)COC(=O)CCCC(=O)OC(C)C(F)(F)F. The minimum Gasteiger partial charge on any atom is -0.465 e. The molecule has 0 radical (unpaired) electrons. The molecule has 0 aliphatic carbocycles. The predicted octanol–water partition coefficient (Wildman–Crippen LogP) is 3.63. The standard InChI is InChI=1S/C14H23F3O4/c1-4-11(5-2)9-20-12(18)7-6-8-13(19)21-10(3)14(15,16)17/h10-11H,4-9H2,1-3H3. The second-order valence-electron chi connectivity index (χ2n) is 4.89. The van der Waals surface area contributed by atoms with E-state index in [0.717, 1.165) is 19.8 Å². The van der Waals surface area contributed by atoms with Gasteiger partial charge in [0, 0.05) is 12.8 Å². The van der Waals surface area contributed by atoms with Gasteiger partial charge in [-0.1, -0.05) is 26.7 Å². The lowest BCUT2D eigenvalue weighted by atomic mass is 10.1. The Hall–Kier alpha value is -1.27. The van der Waals surface area contributed by atoms with Gasteiger partial charge in [-0.15, -0.1) is 0 Å². The molecule has 1 unspecified atom stereocenters. The molecule has 0 aromatic rings. The number of alkyl halides is 3. The zero-order valence-electron chi connectivity index (χ0n) is 12.7. The number of rotatable bonds is 9. The van der Waals surface area contributed by atoms with Crippen molar-refractivity contribution >= 4 is 11.9 Å². The van der Waals surface area contributed by atoms with Crippen LogP contribution in [0.3, 0.4) is 0 Å². The molecule has 0 aliphatic heterocycles. The highest BCUT2D eigenvalue weighted by Crippen LogP contribution is 2.22. The van der Waals surface area contributed by atoms with E-state index in [1.165, 1.54) is 0 Å². The van der Waals surface area contributed by atoms with Gasteiger partial charge >= 0.3 is 18.1 Å². The van der Waals surface area contributed by atoms with E-state index in [-0.39, 0.29) is 19.3 Å². The molecule has 0 aromatic heterocycles. The van der Waals surface area contributed by atoms with E-state index in [4.69, 9.17) is 4.74 Å². The molecule has 0 spiro atoms. The summed E-state index contributed by atoms with van der Waals surface area (Å²) in [5, 5.41) is 0. The molecule has 0 N–H and O–H groups in total. The topological polar surface area (TPSA) is 52.6 Å². The Balaban J connectivity index is 3.83. The maximum absolute atomic E-state index is 12.2. The Bertz CT molecular complexity index is 325. The van der Waals surface area contributed by atoms with E-state index < -0.39 is 24.2 Å². The van der Waals surface area contributed by atoms with Gasteiger partial charge in [0.25, 0.3) is 0 Å². The summed E-state index contributed by atoms with van der Waals surface area (Å²) in [5.41, 5.74) is 0. The fraction of sp³-hybridized carbons (Fsp3) is 0.857. The van der Waals surface area contributed by atoms with Crippen LogP contribution in [0.4, 0.5) is 13.2 Å². The fourth-order valence-electron chi connectivity index (χ4n) is 1.51. The average Bonchev–Trinajstić information content (AvgIpc) is 2.38. The molecule has 0 aliphatic rings. The number of hydrogen-bond donors (Lipinski definition) is 0. The third-order valence-corrected chi connectivity index (χ3v) is 3.17. The molecule has 0 aromatic carbocycles. The number of ether oxygens (including phenoxy) is 2. The molecule has 1 atom stereocenters. The number of carbonyl (C=O) groups is 2. The summed E-state index contributed by atoms with van der Waals surface area (Å²) >= 11 is 0. The monoisotopic (exact) mass is 312 g/mol. The second kappa shape index (κ2) is 9.63. The Labute approximate surface area is 123 Å². The second-order valence-corrected chi connectivity index (χ2v) is 4.89. The number of carbonyl (C=O) groups excluding carboxylic acids is 2. The zero-order valence-corrected chi connectivity index (χ0v) is 12.7. The van der Waals surface area contributed by atoms with Crippen LogP contribution in [0.5, 0.6) is 0 Å². The molecule has 0 saturated carbocycles. The molecule has 0 saturated heterocycles. The van der Waals surface area contributed by atoms with Crippen LogP contribution >= 0.6 is 0 Å². The molecular formula is C14H23F3O4. The van der Waals surface area contributed by atoms with Crippen LogP contribution in [-0.4, -0.2) is 30.8 Å². The van der Waals surface area contributed by atoms with Crippen molar-refractivity contribution in [2.45, 2.75) is 65.2 Å². The van der Waals surface area contributed by atoms with Crippen LogP contribution in [-0.2, 0) is 19.1 Å². The van der Waals surface area contributed by atoms with Gasteiger partial charge in [-0.05, 0) is 19.3 Å². The number of hydrogen-bond acceptors (Lipinski definition) is 4. The van der Waals surface area contributed by atoms with Crippen LogP contribution in [0.25, 0.3) is 0 Å². The lowest BCUT2D eigenvalue weighted by Crippen LogP contribution is -2.30. The van der Waals surface area contributed by atoms with Gasteiger partial charge in [0.1, 0.15) is 0 Å². The fourth-order valence-corrected chi connectivity index (χ4v) is 1.51. The van der Waals surface area contributed by atoms with Crippen LogP contribution in [0.1, 0.15) is 52.9 Å². The summed E-state index contributed by atoms with van der Waals surface area (Å²) in [6.45, 7) is 5.10. The molecule has 21 heavy (non-hydrogen) atoms. The molecule has 4 nitrogen and oxygen atoms in total. The lowest BCUT2D eigenvalue weighted by molar-refractivity contribution is -0.216. The molecule has 0 bridgehead atoms. The predicted molar refractivity (Wildman–Crippen MR) is 70.5 cm³/mol. The van der Waals surface area contributed by atoms with E-state index in [2.05, 4.69) is 4.74 Å². The van der Waals surface area contributed by atoms with Crippen molar-refractivity contribution in [1.29, 1.82) is 0 Å². The molecule has 0 amide bonds. The highest BCUT2D eigenvalue weighted by Gasteiger charge is 2.38. The Morgan fingerprint density at radius 2 is 1.57 bits per heavy atom. The van der Waals surface area contributed by atoms with Gasteiger partial charge in [0.05, 0.1) is 6.61 Å². The van der Waals surface area contributed by atoms with Crippen LogP contribution in [0.15, 0.2) is 0 Å². The van der Waals surface area contributed by atoms with Crippen molar-refractivity contribution in [2.24, 2.45) is 5.92 Å². The quantitative estimate of drug-likeness (QED) is 0.610. The van der Waals surface area contributed by atoms with Crippen LogP contribution in [0, 0.1) is 5.92 Å². The van der Waals surface area contributed by atoms with Crippen molar-refractivity contribution in [3.05, 3.63) is 0 Å². The molecule has 7 heteroatoms. The molecule has 0 rings (SSSR count). The van der Waals surface area contributed by atoms with Gasteiger partial charge in [0.15, 0.2) is 6.10 Å². The van der Waals surface area contributed by atoms with Crippen molar-refractivity contribution in [2.75, 3.05) is 6.61 Å². The third-order valence-electron chi connectivity index (χ3n) is 3.17. The summed E-state index contributed by atoms with van der Waals surface area (Å²) in [6.07, 6.45) is -5.01. The first-order chi connectivity index (χ1) is 9.70. The summed E-state index contributed by atoms with van der Waals surface area (Å²) in [4.78, 5) is 22.6. The Morgan fingerprint density at radius 1 is 1.05 bits per heavy atom. The van der Waals surface area contributed by atoms with Gasteiger partial charge in [-0.2, -0.15) is 13.2 Å². The van der Waals surface area contributed by atoms with Gasteiger partial charge in [0.2, 0.25) is 0 Å². The smallest absolute Gasteiger partial charge is 0.425 e. The highest BCUT2D eigenvalue weighted by molar-refractivity contribution is 5.72. The van der Waals surface area contributed by atoms with E-state index in [9.17, 15) is 22.8 Å².